The second kappa shape index (κ2) is 4.93. The van der Waals surface area contributed by atoms with Gasteiger partial charge in [-0.3, -0.25) is 0 Å². The van der Waals surface area contributed by atoms with Crippen molar-refractivity contribution in [1.82, 2.24) is 0 Å². The normalized spacial score (nSPS) is 13.8. The van der Waals surface area contributed by atoms with Crippen LogP contribution in [-0.2, 0) is 9.84 Å². The number of benzene rings is 1. The monoisotopic (exact) mass is 246 g/mol. The lowest BCUT2D eigenvalue weighted by Gasteiger charge is -2.10. The Balaban J connectivity index is 2.73. The molecule has 0 aliphatic carbocycles. The molecule has 0 spiro atoms. The summed E-state index contributed by atoms with van der Waals surface area (Å²) in [6, 6.07) is 4.40. The highest BCUT2D eigenvalue weighted by atomic mass is 32.2. The van der Waals surface area contributed by atoms with Gasteiger partial charge in [-0.1, -0.05) is 12.1 Å². The molecule has 0 heterocycles. The Morgan fingerprint density at radius 2 is 2.06 bits per heavy atom. The van der Waals surface area contributed by atoms with Gasteiger partial charge < -0.3 is 5.11 Å². The number of halogens is 1. The number of aryl methyl sites for hydroxylation is 1. The maximum Gasteiger partial charge on any atom is 0.147 e. The van der Waals surface area contributed by atoms with Crippen LogP contribution in [0.2, 0.25) is 0 Å². The van der Waals surface area contributed by atoms with Crippen molar-refractivity contribution in [1.29, 1.82) is 0 Å². The minimum atomic E-state index is -3.10. The van der Waals surface area contributed by atoms with E-state index < -0.39 is 21.8 Å². The molecule has 0 aliphatic heterocycles. The SMILES string of the molecule is Cc1ccc(C(O)CCS(C)(=O)=O)cc1F. The van der Waals surface area contributed by atoms with Crippen LogP contribution in [0.3, 0.4) is 0 Å². The van der Waals surface area contributed by atoms with E-state index in [4.69, 9.17) is 0 Å². The van der Waals surface area contributed by atoms with Crippen molar-refractivity contribution in [2.75, 3.05) is 12.0 Å². The van der Waals surface area contributed by atoms with Crippen molar-refractivity contribution in [3.05, 3.63) is 35.1 Å². The molecule has 0 saturated heterocycles. The zero-order valence-corrected chi connectivity index (χ0v) is 10.1. The van der Waals surface area contributed by atoms with E-state index in [0.717, 1.165) is 6.26 Å². The summed E-state index contributed by atoms with van der Waals surface area (Å²) in [7, 11) is -3.10. The van der Waals surface area contributed by atoms with Crippen LogP contribution in [0.4, 0.5) is 4.39 Å². The van der Waals surface area contributed by atoms with Crippen LogP contribution < -0.4 is 0 Å². The standard InChI is InChI=1S/C11H15FO3S/c1-8-3-4-9(7-10(8)12)11(13)5-6-16(2,14)15/h3-4,7,11,13H,5-6H2,1-2H3. The number of aliphatic hydroxyl groups excluding tert-OH is 1. The Kier molecular flexibility index (Phi) is 4.04. The third-order valence-electron chi connectivity index (χ3n) is 2.34. The second-order valence-corrected chi connectivity index (χ2v) is 6.20. The van der Waals surface area contributed by atoms with Crippen LogP contribution >= 0.6 is 0 Å². The van der Waals surface area contributed by atoms with Crippen molar-refractivity contribution < 1.29 is 17.9 Å². The van der Waals surface area contributed by atoms with Crippen LogP contribution in [0.15, 0.2) is 18.2 Å². The number of sulfone groups is 1. The molecule has 0 amide bonds. The van der Waals surface area contributed by atoms with E-state index in [2.05, 4.69) is 0 Å². The fourth-order valence-corrected chi connectivity index (χ4v) is 1.96. The van der Waals surface area contributed by atoms with E-state index >= 15 is 0 Å². The molecular formula is C11H15FO3S. The molecule has 5 heteroatoms. The minimum Gasteiger partial charge on any atom is -0.388 e. The summed E-state index contributed by atoms with van der Waals surface area (Å²) < 4.78 is 35.0. The number of hydrogen-bond acceptors (Lipinski definition) is 3. The largest absolute Gasteiger partial charge is 0.388 e. The first-order valence-corrected chi connectivity index (χ1v) is 6.97. The van der Waals surface area contributed by atoms with E-state index in [1.54, 1.807) is 19.1 Å². The summed E-state index contributed by atoms with van der Waals surface area (Å²) in [5.41, 5.74) is 0.908. The Hall–Kier alpha value is -0.940. The average molecular weight is 246 g/mol. The van der Waals surface area contributed by atoms with Crippen molar-refractivity contribution in [2.24, 2.45) is 0 Å². The van der Waals surface area contributed by atoms with Gasteiger partial charge in [-0.05, 0) is 30.5 Å². The topological polar surface area (TPSA) is 54.4 Å². The van der Waals surface area contributed by atoms with Crippen LogP contribution in [0.5, 0.6) is 0 Å². The quantitative estimate of drug-likeness (QED) is 0.878. The maximum atomic E-state index is 13.2. The van der Waals surface area contributed by atoms with Crippen molar-refractivity contribution in [3.8, 4) is 0 Å². The fourth-order valence-electron chi connectivity index (χ4n) is 1.31. The molecule has 0 bridgehead atoms. The van der Waals surface area contributed by atoms with E-state index in [1.807, 2.05) is 0 Å². The molecule has 1 aromatic rings. The molecular weight excluding hydrogens is 231 g/mol. The molecule has 1 aromatic carbocycles. The van der Waals surface area contributed by atoms with Gasteiger partial charge in [0.2, 0.25) is 0 Å². The summed E-state index contributed by atoms with van der Waals surface area (Å²) in [5, 5.41) is 9.67. The first kappa shape index (κ1) is 13.1. The van der Waals surface area contributed by atoms with Gasteiger partial charge in [-0.25, -0.2) is 12.8 Å². The van der Waals surface area contributed by atoms with Gasteiger partial charge in [0, 0.05) is 6.26 Å². The fraction of sp³-hybridized carbons (Fsp3) is 0.455. The number of hydrogen-bond donors (Lipinski definition) is 1. The lowest BCUT2D eigenvalue weighted by Crippen LogP contribution is -2.08. The molecule has 16 heavy (non-hydrogen) atoms. The molecule has 90 valence electrons. The molecule has 0 aromatic heterocycles. The van der Waals surface area contributed by atoms with E-state index in [1.165, 1.54) is 6.07 Å². The molecule has 0 fully saturated rings. The molecule has 0 aliphatic rings. The van der Waals surface area contributed by atoms with Crippen molar-refractivity contribution >= 4 is 9.84 Å². The summed E-state index contributed by atoms with van der Waals surface area (Å²) in [6.45, 7) is 1.63. The molecule has 1 atom stereocenters. The minimum absolute atomic E-state index is 0.0847. The first-order valence-electron chi connectivity index (χ1n) is 4.91. The lowest BCUT2D eigenvalue weighted by atomic mass is 10.1. The van der Waals surface area contributed by atoms with E-state index in [9.17, 15) is 17.9 Å². The van der Waals surface area contributed by atoms with Crippen LogP contribution in [0.1, 0.15) is 23.7 Å². The van der Waals surface area contributed by atoms with Crippen molar-refractivity contribution in [2.45, 2.75) is 19.4 Å². The lowest BCUT2D eigenvalue weighted by molar-refractivity contribution is 0.174. The third kappa shape index (κ3) is 3.90. The highest BCUT2D eigenvalue weighted by Crippen LogP contribution is 2.19. The number of aliphatic hydroxyl groups is 1. The van der Waals surface area contributed by atoms with Gasteiger partial charge in [0.1, 0.15) is 15.7 Å². The van der Waals surface area contributed by atoms with Gasteiger partial charge in [-0.15, -0.1) is 0 Å². The predicted molar refractivity (Wildman–Crippen MR) is 60.4 cm³/mol. The van der Waals surface area contributed by atoms with E-state index in [0.29, 0.717) is 11.1 Å². The summed E-state index contributed by atoms with van der Waals surface area (Å²) >= 11 is 0. The Bertz CT molecular complexity index is 468. The molecule has 0 radical (unpaired) electrons. The highest BCUT2D eigenvalue weighted by molar-refractivity contribution is 7.90. The van der Waals surface area contributed by atoms with Gasteiger partial charge >= 0.3 is 0 Å². The summed E-state index contributed by atoms with van der Waals surface area (Å²) in [6.07, 6.45) is 0.251. The zero-order valence-electron chi connectivity index (χ0n) is 9.27. The molecule has 3 nitrogen and oxygen atoms in total. The summed E-state index contributed by atoms with van der Waals surface area (Å²) in [4.78, 5) is 0. The molecule has 1 N–H and O–H groups in total. The van der Waals surface area contributed by atoms with Gasteiger partial charge in [0.25, 0.3) is 0 Å². The predicted octanol–water partition coefficient (Wildman–Crippen LogP) is 1.60. The van der Waals surface area contributed by atoms with Crippen LogP contribution in [-0.4, -0.2) is 25.5 Å². The van der Waals surface area contributed by atoms with Gasteiger partial charge in [0.05, 0.1) is 11.9 Å². The van der Waals surface area contributed by atoms with Gasteiger partial charge in [0.15, 0.2) is 0 Å². The highest BCUT2D eigenvalue weighted by Gasteiger charge is 2.12. The molecule has 1 unspecified atom stereocenters. The second-order valence-electron chi connectivity index (χ2n) is 3.94. The summed E-state index contributed by atoms with van der Waals surface area (Å²) in [5.74, 6) is -0.500. The Labute approximate surface area is 94.8 Å². The Morgan fingerprint density at radius 1 is 1.44 bits per heavy atom. The number of rotatable bonds is 4. The average Bonchev–Trinajstić information content (AvgIpc) is 2.17. The first-order chi connectivity index (χ1) is 7.29. The van der Waals surface area contributed by atoms with E-state index in [-0.39, 0.29) is 12.2 Å². The maximum absolute atomic E-state index is 13.2. The third-order valence-corrected chi connectivity index (χ3v) is 3.32. The smallest absolute Gasteiger partial charge is 0.147 e. The molecule has 0 saturated carbocycles. The van der Waals surface area contributed by atoms with Gasteiger partial charge in [-0.2, -0.15) is 0 Å². The van der Waals surface area contributed by atoms with Crippen LogP contribution in [0.25, 0.3) is 0 Å². The van der Waals surface area contributed by atoms with Crippen molar-refractivity contribution in [3.63, 3.8) is 0 Å². The van der Waals surface area contributed by atoms with Crippen LogP contribution in [0, 0.1) is 12.7 Å². The molecule has 1 rings (SSSR count). The zero-order chi connectivity index (χ0) is 12.3. The Morgan fingerprint density at radius 3 is 2.56 bits per heavy atom.